The Morgan fingerprint density at radius 3 is 1.23 bits per heavy atom. The third-order valence-corrected chi connectivity index (χ3v) is 12.4. The van der Waals surface area contributed by atoms with E-state index in [1.165, 1.54) is 83.5 Å². The molecule has 2 unspecified atom stereocenters. The van der Waals surface area contributed by atoms with Gasteiger partial charge in [0.2, 0.25) is 0 Å². The summed E-state index contributed by atoms with van der Waals surface area (Å²) in [6, 6.07) is 0. The van der Waals surface area contributed by atoms with Crippen molar-refractivity contribution in [3.05, 3.63) is 97.2 Å². The molecule has 0 aromatic carbocycles. The van der Waals surface area contributed by atoms with E-state index in [0.717, 1.165) is 96.3 Å². The quantitative estimate of drug-likeness (QED) is 0.0211. The van der Waals surface area contributed by atoms with E-state index in [2.05, 4.69) is 111 Å². The third kappa shape index (κ3) is 54.1. The topological polar surface area (TPSA) is 108 Å². The first-order valence-corrected chi connectivity index (χ1v) is 29.0. The van der Waals surface area contributed by atoms with Crippen LogP contribution in [0.4, 0.5) is 0 Å². The highest BCUT2D eigenvalue weighted by Crippen LogP contribution is 2.43. The first-order chi connectivity index (χ1) is 33.5. The average Bonchev–Trinajstić information content (AvgIpc) is 3.31. The summed E-state index contributed by atoms with van der Waals surface area (Å²) >= 11 is 0. The Morgan fingerprint density at radius 1 is 0.464 bits per heavy atom. The predicted molar refractivity (Wildman–Crippen MR) is 293 cm³/mol. The summed E-state index contributed by atoms with van der Waals surface area (Å²) in [5.41, 5.74) is 0. The van der Waals surface area contributed by atoms with Gasteiger partial charge in [0.15, 0.2) is 6.10 Å². The fourth-order valence-corrected chi connectivity index (χ4v) is 7.89. The van der Waals surface area contributed by atoms with Gasteiger partial charge in [0, 0.05) is 12.8 Å². The summed E-state index contributed by atoms with van der Waals surface area (Å²) in [5, 5.41) is 0. The first-order valence-electron chi connectivity index (χ1n) is 27.5. The van der Waals surface area contributed by atoms with Gasteiger partial charge in [-0.3, -0.25) is 18.6 Å². The summed E-state index contributed by atoms with van der Waals surface area (Å²) in [6.45, 7) is 4.23. The van der Waals surface area contributed by atoms with Gasteiger partial charge in [-0.15, -0.1) is 0 Å². The molecule has 0 saturated carbocycles. The van der Waals surface area contributed by atoms with Crippen LogP contribution < -0.4 is 0 Å². The van der Waals surface area contributed by atoms with E-state index in [1.54, 1.807) is 0 Å². The van der Waals surface area contributed by atoms with Crippen LogP contribution in [0.25, 0.3) is 0 Å². The third-order valence-electron chi connectivity index (χ3n) is 11.4. The largest absolute Gasteiger partial charge is 0.472 e. The van der Waals surface area contributed by atoms with Crippen LogP contribution in [-0.4, -0.2) is 74.9 Å². The van der Waals surface area contributed by atoms with Crippen molar-refractivity contribution in [1.82, 2.24) is 0 Å². The van der Waals surface area contributed by atoms with Gasteiger partial charge in [-0.2, -0.15) is 0 Å². The monoisotopic (exact) mass is 985 g/mol. The Labute approximate surface area is 423 Å². The van der Waals surface area contributed by atoms with Crippen LogP contribution in [0.1, 0.15) is 213 Å². The molecule has 0 heterocycles. The smallest absolute Gasteiger partial charge is 0.462 e. The second-order valence-electron chi connectivity index (χ2n) is 19.2. The maximum atomic E-state index is 12.7. The number of phosphoric ester groups is 1. The van der Waals surface area contributed by atoms with E-state index < -0.39 is 26.5 Å². The van der Waals surface area contributed by atoms with Gasteiger partial charge in [-0.25, -0.2) is 4.57 Å². The van der Waals surface area contributed by atoms with E-state index >= 15 is 0 Å². The Bertz CT molecular complexity index is 1490. The number of rotatable bonds is 49. The number of allylic oxidation sites excluding steroid dienone is 16. The molecule has 0 aromatic rings. The Balaban J connectivity index is 3.91. The van der Waals surface area contributed by atoms with Gasteiger partial charge < -0.3 is 18.9 Å². The molecule has 0 aliphatic carbocycles. The fraction of sp³-hybridized carbons (Fsp3) is 0.695. The second kappa shape index (κ2) is 49.9. The van der Waals surface area contributed by atoms with Crippen LogP contribution in [0.3, 0.4) is 0 Å². The molecule has 69 heavy (non-hydrogen) atoms. The van der Waals surface area contributed by atoms with Crippen LogP contribution in [0.5, 0.6) is 0 Å². The number of esters is 2. The van der Waals surface area contributed by atoms with E-state index in [-0.39, 0.29) is 32.0 Å². The zero-order chi connectivity index (χ0) is 50.6. The minimum atomic E-state index is -4.37. The van der Waals surface area contributed by atoms with Gasteiger partial charge in [0.1, 0.15) is 19.8 Å². The lowest BCUT2D eigenvalue weighted by Gasteiger charge is -2.24. The molecule has 396 valence electrons. The van der Waals surface area contributed by atoms with E-state index in [0.29, 0.717) is 17.4 Å². The van der Waals surface area contributed by atoms with Crippen LogP contribution in [-0.2, 0) is 32.7 Å². The van der Waals surface area contributed by atoms with Crippen molar-refractivity contribution < 1.29 is 42.1 Å². The van der Waals surface area contributed by atoms with E-state index in [9.17, 15) is 19.0 Å². The highest BCUT2D eigenvalue weighted by molar-refractivity contribution is 7.47. The summed E-state index contributed by atoms with van der Waals surface area (Å²) in [7, 11) is 1.47. The summed E-state index contributed by atoms with van der Waals surface area (Å²) in [6.07, 6.45) is 68.1. The second-order valence-corrected chi connectivity index (χ2v) is 20.7. The predicted octanol–water partition coefficient (Wildman–Crippen LogP) is 16.9. The van der Waals surface area contributed by atoms with Gasteiger partial charge in [0.05, 0.1) is 27.7 Å². The van der Waals surface area contributed by atoms with Gasteiger partial charge in [-0.1, -0.05) is 220 Å². The minimum Gasteiger partial charge on any atom is -0.462 e. The van der Waals surface area contributed by atoms with Crippen molar-refractivity contribution >= 4 is 19.8 Å². The van der Waals surface area contributed by atoms with Crippen molar-refractivity contribution in [3.8, 4) is 0 Å². The summed E-state index contributed by atoms with van der Waals surface area (Å²) < 4.78 is 34.2. The molecule has 0 radical (unpaired) electrons. The zero-order valence-electron chi connectivity index (χ0n) is 44.8. The van der Waals surface area contributed by atoms with Crippen LogP contribution in [0.15, 0.2) is 97.2 Å². The number of carbonyl (C=O) groups excluding carboxylic acids is 2. The Kier molecular flexibility index (Phi) is 47.7. The number of carbonyl (C=O) groups is 2. The molecule has 1 N–H and O–H groups in total. The van der Waals surface area contributed by atoms with Crippen molar-refractivity contribution in [3.63, 3.8) is 0 Å². The van der Waals surface area contributed by atoms with Crippen LogP contribution in [0, 0.1) is 0 Å². The van der Waals surface area contributed by atoms with Gasteiger partial charge in [-0.05, 0) is 77.0 Å². The molecule has 0 rings (SSSR count). The molecule has 0 aromatic heterocycles. The molecule has 0 spiro atoms. The molecule has 9 nitrogen and oxygen atoms in total. The van der Waals surface area contributed by atoms with Crippen molar-refractivity contribution in [2.24, 2.45) is 0 Å². The van der Waals surface area contributed by atoms with E-state index in [1.807, 2.05) is 21.1 Å². The number of nitrogens with zero attached hydrogens (tertiary/aromatic N) is 1. The number of quaternary nitrogens is 1. The number of ether oxygens (including phenoxy) is 2. The molecule has 0 amide bonds. The number of phosphoric acid groups is 1. The SMILES string of the molecule is CC/C=C\C/C=C\C/C=C\C/C=C\C/C=C\C/C=C\C/C=C\C/C=C\CCCCCCCCCCCCCCCCC(=O)OC(COC(=O)CCCCCCCC)COP(=O)(O)OCC[N+](C)(C)C. The number of hydrogen-bond donors (Lipinski definition) is 1. The molecule has 0 fully saturated rings. The lowest BCUT2D eigenvalue weighted by atomic mass is 10.0. The van der Waals surface area contributed by atoms with Crippen molar-refractivity contribution in [2.75, 3.05) is 47.5 Å². The van der Waals surface area contributed by atoms with Crippen LogP contribution >= 0.6 is 7.82 Å². The lowest BCUT2D eigenvalue weighted by Crippen LogP contribution is -2.37. The highest BCUT2D eigenvalue weighted by atomic mass is 31.2. The van der Waals surface area contributed by atoms with Gasteiger partial charge in [0.25, 0.3) is 0 Å². The Morgan fingerprint density at radius 2 is 0.826 bits per heavy atom. The average molecular weight is 985 g/mol. The van der Waals surface area contributed by atoms with Crippen molar-refractivity contribution in [1.29, 1.82) is 0 Å². The van der Waals surface area contributed by atoms with E-state index in [4.69, 9.17) is 18.5 Å². The lowest BCUT2D eigenvalue weighted by molar-refractivity contribution is -0.870. The summed E-state index contributed by atoms with van der Waals surface area (Å²) in [5.74, 6) is -0.810. The molecular weight excluding hydrogens is 882 g/mol. The standard InChI is InChI=1S/C59H102NO8P/c1-6-8-10-12-14-15-16-17-18-19-20-21-22-23-24-25-26-27-28-29-30-31-32-33-34-35-36-37-38-39-40-41-42-43-44-45-46-48-50-52-59(62)68-57(55-65-58(61)51-49-47-13-11-9-7-2)56-67-69(63,64)66-54-53-60(3,4)5/h8,10,14-15,17-18,20-21,23-24,26-27,29-30,32-33,57H,6-7,9,11-13,16,19,22,25,28,31,34-56H2,1-5H3/p+1/b10-8-,15-14-,18-17-,21-20-,24-23-,27-26-,30-29-,33-32-. The van der Waals surface area contributed by atoms with Crippen LogP contribution in [0.2, 0.25) is 0 Å². The minimum absolute atomic E-state index is 0.0295. The number of hydrogen-bond acceptors (Lipinski definition) is 7. The molecule has 10 heteroatoms. The number of unbranched alkanes of at least 4 members (excludes halogenated alkanes) is 19. The first kappa shape index (κ1) is 65.9. The maximum Gasteiger partial charge on any atom is 0.472 e. The zero-order valence-corrected chi connectivity index (χ0v) is 45.7. The molecule has 0 bridgehead atoms. The molecule has 0 saturated heterocycles. The van der Waals surface area contributed by atoms with Crippen molar-refractivity contribution in [2.45, 2.75) is 219 Å². The molecule has 2 atom stereocenters. The summed E-state index contributed by atoms with van der Waals surface area (Å²) in [4.78, 5) is 35.2. The molecular formula is C59H103NO8P+. The molecule has 0 aliphatic rings. The van der Waals surface area contributed by atoms with Gasteiger partial charge >= 0.3 is 19.8 Å². The molecule has 0 aliphatic heterocycles. The highest BCUT2D eigenvalue weighted by Gasteiger charge is 2.27. The Hall–Kier alpha value is -3.07. The normalized spacial score (nSPS) is 14.1. The number of likely N-dealkylation sites (N-methyl/N-ethyl adjacent to an activating group) is 1. The fourth-order valence-electron chi connectivity index (χ4n) is 7.15. The maximum absolute atomic E-state index is 12.7.